The van der Waals surface area contributed by atoms with Gasteiger partial charge in [0.15, 0.2) is 0 Å². The Morgan fingerprint density at radius 1 is 1.22 bits per heavy atom. The summed E-state index contributed by atoms with van der Waals surface area (Å²) in [6.45, 7) is 0. The molecule has 0 fully saturated rings. The fourth-order valence-corrected chi connectivity index (χ4v) is 2.04. The van der Waals surface area contributed by atoms with E-state index < -0.39 is 0 Å². The van der Waals surface area contributed by atoms with Crippen molar-refractivity contribution in [1.29, 1.82) is 0 Å². The van der Waals surface area contributed by atoms with Crippen LogP contribution in [0.5, 0.6) is 11.5 Å². The molecule has 0 aliphatic carbocycles. The van der Waals surface area contributed by atoms with Crippen molar-refractivity contribution in [3.05, 3.63) is 34.1 Å². The Kier molecular flexibility index (Phi) is 3.84. The van der Waals surface area contributed by atoms with Crippen molar-refractivity contribution in [1.82, 2.24) is 10.2 Å². The fourth-order valence-electron chi connectivity index (χ4n) is 1.68. The van der Waals surface area contributed by atoms with Crippen LogP contribution in [0.4, 0.5) is 0 Å². The summed E-state index contributed by atoms with van der Waals surface area (Å²) in [6, 6.07) is 7.19. The van der Waals surface area contributed by atoms with Crippen LogP contribution >= 0.6 is 23.8 Å². The topological polar surface area (TPSA) is 47.1 Å². The zero-order chi connectivity index (χ0) is 13.1. The van der Waals surface area contributed by atoms with Crippen molar-refractivity contribution in [3.8, 4) is 22.6 Å². The molecule has 0 bridgehead atoms. The van der Waals surface area contributed by atoms with E-state index in [0.717, 1.165) is 11.1 Å². The lowest BCUT2D eigenvalue weighted by Crippen LogP contribution is -1.95. The van der Waals surface area contributed by atoms with Gasteiger partial charge in [-0.05, 0) is 18.2 Å². The Morgan fingerprint density at radius 3 is 2.39 bits per heavy atom. The highest BCUT2D eigenvalue weighted by atomic mass is 35.5. The van der Waals surface area contributed by atoms with Gasteiger partial charge in [-0.15, -0.1) is 0 Å². The molecule has 18 heavy (non-hydrogen) atoms. The maximum Gasteiger partial charge on any atom is 0.150 e. The lowest BCUT2D eigenvalue weighted by molar-refractivity contribution is 0.397. The fraction of sp³-hybridized carbons (Fsp3) is 0.167. The van der Waals surface area contributed by atoms with Crippen LogP contribution in [0.2, 0.25) is 5.15 Å². The zero-order valence-corrected chi connectivity index (χ0v) is 11.4. The van der Waals surface area contributed by atoms with Gasteiger partial charge in [0.2, 0.25) is 0 Å². The molecule has 0 atom stereocenters. The molecule has 1 aromatic carbocycles. The maximum absolute atomic E-state index is 5.89. The summed E-state index contributed by atoms with van der Waals surface area (Å²) in [5.41, 5.74) is 1.48. The van der Waals surface area contributed by atoms with Crippen LogP contribution in [-0.4, -0.2) is 24.4 Å². The van der Waals surface area contributed by atoms with Crippen molar-refractivity contribution in [2.45, 2.75) is 0 Å². The Bertz CT molecular complexity index is 605. The van der Waals surface area contributed by atoms with Crippen LogP contribution in [0.15, 0.2) is 24.3 Å². The first-order chi connectivity index (χ1) is 8.67. The molecule has 0 aliphatic rings. The minimum absolute atomic E-state index is 0.326. The van der Waals surface area contributed by atoms with Crippen molar-refractivity contribution in [2.24, 2.45) is 0 Å². The molecule has 0 amide bonds. The molecular formula is C12H11ClN2O2S. The van der Waals surface area contributed by atoms with Gasteiger partial charge in [-0.25, -0.2) is 0 Å². The quantitative estimate of drug-likeness (QED) is 0.876. The van der Waals surface area contributed by atoms with E-state index in [1.54, 1.807) is 20.3 Å². The van der Waals surface area contributed by atoms with Gasteiger partial charge >= 0.3 is 0 Å². The number of ether oxygens (including phenoxy) is 2. The molecule has 1 N–H and O–H groups in total. The van der Waals surface area contributed by atoms with Gasteiger partial charge in [-0.2, -0.15) is 5.10 Å². The van der Waals surface area contributed by atoms with Crippen molar-refractivity contribution in [3.63, 3.8) is 0 Å². The number of nitrogens with zero attached hydrogens (tertiary/aromatic N) is 1. The van der Waals surface area contributed by atoms with Crippen molar-refractivity contribution < 1.29 is 9.47 Å². The summed E-state index contributed by atoms with van der Waals surface area (Å²) in [5, 5.41) is 6.85. The summed E-state index contributed by atoms with van der Waals surface area (Å²) in [5.74, 6) is 1.33. The number of aromatic amines is 1. The van der Waals surface area contributed by atoms with Gasteiger partial charge in [0.1, 0.15) is 21.3 Å². The SMILES string of the molecule is COc1cccc(OC)c1-c1cc(Cl)n[nH]c1=S. The van der Waals surface area contributed by atoms with Crippen LogP contribution < -0.4 is 9.47 Å². The van der Waals surface area contributed by atoms with Crippen molar-refractivity contribution in [2.75, 3.05) is 14.2 Å². The zero-order valence-electron chi connectivity index (χ0n) is 9.86. The first kappa shape index (κ1) is 12.9. The summed E-state index contributed by atoms with van der Waals surface area (Å²) >= 11 is 11.1. The first-order valence-corrected chi connectivity index (χ1v) is 5.92. The maximum atomic E-state index is 5.89. The second-order valence-corrected chi connectivity index (χ2v) is 4.27. The Hall–Kier alpha value is -1.59. The third kappa shape index (κ3) is 2.32. The second kappa shape index (κ2) is 5.37. The van der Waals surface area contributed by atoms with E-state index in [4.69, 9.17) is 33.3 Å². The summed E-state index contributed by atoms with van der Waals surface area (Å²) in [6.07, 6.45) is 0. The van der Waals surface area contributed by atoms with Gasteiger partial charge in [-0.3, -0.25) is 5.10 Å². The predicted molar refractivity (Wildman–Crippen MR) is 73.0 cm³/mol. The molecule has 2 rings (SSSR count). The number of hydrogen-bond donors (Lipinski definition) is 1. The van der Waals surface area contributed by atoms with E-state index in [1.807, 2.05) is 18.2 Å². The molecule has 4 nitrogen and oxygen atoms in total. The minimum Gasteiger partial charge on any atom is -0.496 e. The van der Waals surface area contributed by atoms with Crippen LogP contribution in [0.1, 0.15) is 0 Å². The van der Waals surface area contributed by atoms with Crippen molar-refractivity contribution >= 4 is 23.8 Å². The summed E-state index contributed by atoms with van der Waals surface area (Å²) < 4.78 is 11.1. The van der Waals surface area contributed by atoms with Gasteiger partial charge < -0.3 is 9.47 Å². The Morgan fingerprint density at radius 2 is 1.83 bits per heavy atom. The standard InChI is InChI=1S/C12H11ClN2O2S/c1-16-8-4-3-5-9(17-2)11(8)7-6-10(13)14-15-12(7)18/h3-6H,1-2H3,(H,15,18). The first-order valence-electron chi connectivity index (χ1n) is 5.14. The largest absolute Gasteiger partial charge is 0.496 e. The molecule has 0 aliphatic heterocycles. The molecule has 1 aromatic heterocycles. The molecule has 6 heteroatoms. The van der Waals surface area contributed by atoms with E-state index in [9.17, 15) is 0 Å². The smallest absolute Gasteiger partial charge is 0.150 e. The average Bonchev–Trinajstić information content (AvgIpc) is 2.40. The number of rotatable bonds is 3. The Balaban J connectivity index is 2.76. The number of H-pyrrole nitrogens is 1. The Labute approximate surface area is 115 Å². The molecule has 0 saturated carbocycles. The van der Waals surface area contributed by atoms with E-state index in [0.29, 0.717) is 21.3 Å². The van der Waals surface area contributed by atoms with E-state index in [2.05, 4.69) is 10.2 Å². The molecule has 1 heterocycles. The van der Waals surface area contributed by atoms with Crippen LogP contribution in [-0.2, 0) is 0 Å². The monoisotopic (exact) mass is 282 g/mol. The number of benzene rings is 1. The van der Waals surface area contributed by atoms with E-state index >= 15 is 0 Å². The van der Waals surface area contributed by atoms with Crippen LogP contribution in [0.3, 0.4) is 0 Å². The van der Waals surface area contributed by atoms with Crippen LogP contribution in [0, 0.1) is 4.64 Å². The highest BCUT2D eigenvalue weighted by Gasteiger charge is 2.14. The normalized spacial score (nSPS) is 10.2. The summed E-state index contributed by atoms with van der Waals surface area (Å²) in [4.78, 5) is 0. The molecule has 0 saturated heterocycles. The van der Waals surface area contributed by atoms with Gasteiger partial charge in [0.05, 0.1) is 19.8 Å². The third-order valence-corrected chi connectivity index (χ3v) is 2.97. The molecular weight excluding hydrogens is 272 g/mol. The average molecular weight is 283 g/mol. The van der Waals surface area contributed by atoms with Gasteiger partial charge in [-0.1, -0.05) is 29.9 Å². The van der Waals surface area contributed by atoms with Gasteiger partial charge in [0, 0.05) is 5.56 Å². The predicted octanol–water partition coefficient (Wildman–Crippen LogP) is 3.48. The molecule has 94 valence electrons. The number of methoxy groups -OCH3 is 2. The molecule has 0 radical (unpaired) electrons. The third-order valence-electron chi connectivity index (χ3n) is 2.47. The number of aromatic nitrogens is 2. The lowest BCUT2D eigenvalue weighted by atomic mass is 10.1. The minimum atomic E-state index is 0.326. The summed E-state index contributed by atoms with van der Waals surface area (Å²) in [7, 11) is 3.18. The lowest BCUT2D eigenvalue weighted by Gasteiger charge is -2.13. The van der Waals surface area contributed by atoms with Crippen LogP contribution in [0.25, 0.3) is 11.1 Å². The highest BCUT2D eigenvalue weighted by Crippen LogP contribution is 2.38. The highest BCUT2D eigenvalue weighted by molar-refractivity contribution is 7.71. The molecule has 0 spiro atoms. The number of hydrogen-bond acceptors (Lipinski definition) is 4. The molecule has 0 unspecified atom stereocenters. The van der Waals surface area contributed by atoms with Gasteiger partial charge in [0.25, 0.3) is 0 Å². The number of nitrogens with one attached hydrogen (secondary N) is 1. The second-order valence-electron chi connectivity index (χ2n) is 3.47. The van der Waals surface area contributed by atoms with E-state index in [-0.39, 0.29) is 0 Å². The number of halogens is 1. The van der Waals surface area contributed by atoms with E-state index in [1.165, 1.54) is 0 Å². The molecule has 2 aromatic rings.